The molecule has 0 atom stereocenters. The first-order valence-electron chi connectivity index (χ1n) is 9.14. The second-order valence-electron chi connectivity index (χ2n) is 6.90. The number of benzene rings is 3. The summed E-state index contributed by atoms with van der Waals surface area (Å²) in [5, 5.41) is 0. The van der Waals surface area contributed by atoms with Gasteiger partial charge < -0.3 is 9.47 Å². The zero-order valence-corrected chi connectivity index (χ0v) is 16.0. The normalized spacial score (nSPS) is 14.1. The molecule has 3 aromatic carbocycles. The number of hydrogen-bond acceptors (Lipinski definition) is 3. The second kappa shape index (κ2) is 7.51. The topological polar surface area (TPSA) is 35.5 Å². The van der Waals surface area contributed by atoms with E-state index in [9.17, 15) is 13.6 Å². The zero-order chi connectivity index (χ0) is 20.5. The third-order valence-electron chi connectivity index (χ3n) is 4.86. The van der Waals surface area contributed by atoms with Gasteiger partial charge in [0, 0.05) is 6.07 Å². The first-order valence-corrected chi connectivity index (χ1v) is 9.14. The molecule has 0 spiro atoms. The fraction of sp³-hybridized carbons (Fsp3) is 0.125. The van der Waals surface area contributed by atoms with Crippen molar-refractivity contribution in [2.75, 3.05) is 0 Å². The van der Waals surface area contributed by atoms with E-state index in [4.69, 9.17) is 9.47 Å². The molecule has 5 heteroatoms. The Bertz CT molecular complexity index is 1130. The van der Waals surface area contributed by atoms with Crippen molar-refractivity contribution in [3.05, 3.63) is 99.8 Å². The molecule has 0 unspecified atom stereocenters. The molecule has 0 aliphatic carbocycles. The molecular formula is C24H18F2O3. The molecule has 3 aromatic rings. The molecule has 0 bridgehead atoms. The van der Waals surface area contributed by atoms with Gasteiger partial charge in [-0.25, -0.2) is 8.78 Å². The summed E-state index contributed by atoms with van der Waals surface area (Å²) in [6.45, 7) is 3.46. The Labute approximate surface area is 167 Å². The predicted octanol–water partition coefficient (Wildman–Crippen LogP) is 5.78. The van der Waals surface area contributed by atoms with E-state index in [0.717, 1.165) is 11.1 Å². The van der Waals surface area contributed by atoms with Crippen LogP contribution in [0.15, 0.2) is 60.4 Å². The maximum absolute atomic E-state index is 13.8. The Balaban J connectivity index is 1.60. The monoisotopic (exact) mass is 392 g/mol. The van der Waals surface area contributed by atoms with Crippen LogP contribution in [0.1, 0.15) is 32.6 Å². The fourth-order valence-electron chi connectivity index (χ4n) is 3.28. The van der Waals surface area contributed by atoms with Gasteiger partial charge in [0.15, 0.2) is 5.76 Å². The van der Waals surface area contributed by atoms with E-state index in [-0.39, 0.29) is 23.7 Å². The van der Waals surface area contributed by atoms with Crippen molar-refractivity contribution in [2.24, 2.45) is 0 Å². The van der Waals surface area contributed by atoms with Gasteiger partial charge in [-0.05, 0) is 54.8 Å². The molecule has 0 N–H and O–H groups in total. The van der Waals surface area contributed by atoms with Crippen molar-refractivity contribution in [3.8, 4) is 11.5 Å². The summed E-state index contributed by atoms with van der Waals surface area (Å²) in [6.07, 6.45) is 1.71. The Morgan fingerprint density at radius 3 is 2.41 bits per heavy atom. The van der Waals surface area contributed by atoms with Crippen LogP contribution < -0.4 is 9.47 Å². The Kier molecular flexibility index (Phi) is 4.89. The molecule has 1 heterocycles. The van der Waals surface area contributed by atoms with E-state index in [1.165, 1.54) is 18.2 Å². The number of allylic oxidation sites excluding steroid dienone is 1. The summed E-state index contributed by atoms with van der Waals surface area (Å²) in [4.78, 5) is 12.8. The smallest absolute Gasteiger partial charge is 0.232 e. The minimum Gasteiger partial charge on any atom is -0.489 e. The van der Waals surface area contributed by atoms with E-state index >= 15 is 0 Å². The lowest BCUT2D eigenvalue weighted by atomic mass is 10.0. The van der Waals surface area contributed by atoms with Crippen molar-refractivity contribution in [1.29, 1.82) is 0 Å². The molecule has 0 amide bonds. The standard InChI is InChI=1S/C24H18F2O3/c1-14-6-3-4-7-16(14)11-22-24(27)23-15(2)10-17(12-21(23)29-22)28-13-18-19(25)8-5-9-20(18)26/h3-12H,13H2,1-2H3/b22-11-. The molecule has 0 fully saturated rings. The lowest BCUT2D eigenvalue weighted by Gasteiger charge is -2.10. The van der Waals surface area contributed by atoms with Crippen LogP contribution in [0.3, 0.4) is 0 Å². The van der Waals surface area contributed by atoms with Gasteiger partial charge in [0.25, 0.3) is 0 Å². The zero-order valence-electron chi connectivity index (χ0n) is 16.0. The number of carbonyl (C=O) groups excluding carboxylic acids is 1. The van der Waals surface area contributed by atoms with Crippen LogP contribution in [0.25, 0.3) is 6.08 Å². The number of Topliss-reactive ketones (excluding diaryl/α,β-unsaturated/α-hetero) is 1. The summed E-state index contributed by atoms with van der Waals surface area (Å²) in [5.41, 5.74) is 2.91. The van der Waals surface area contributed by atoms with E-state index in [2.05, 4.69) is 0 Å². The number of ether oxygens (including phenoxy) is 2. The maximum atomic E-state index is 13.8. The molecule has 0 saturated heterocycles. The van der Waals surface area contributed by atoms with Crippen LogP contribution in [0.4, 0.5) is 8.78 Å². The van der Waals surface area contributed by atoms with Crippen molar-refractivity contribution < 1.29 is 23.0 Å². The molecule has 1 aliphatic heterocycles. The molecule has 1 aliphatic rings. The lowest BCUT2D eigenvalue weighted by molar-refractivity contribution is 0.101. The number of hydrogen-bond donors (Lipinski definition) is 0. The summed E-state index contributed by atoms with van der Waals surface area (Å²) >= 11 is 0. The largest absolute Gasteiger partial charge is 0.489 e. The lowest BCUT2D eigenvalue weighted by Crippen LogP contribution is -2.02. The number of ketones is 1. The van der Waals surface area contributed by atoms with Gasteiger partial charge in [-0.1, -0.05) is 30.3 Å². The van der Waals surface area contributed by atoms with E-state index < -0.39 is 11.6 Å². The van der Waals surface area contributed by atoms with Crippen molar-refractivity contribution in [2.45, 2.75) is 20.5 Å². The fourth-order valence-corrected chi connectivity index (χ4v) is 3.28. The number of halogens is 2. The van der Waals surface area contributed by atoms with Gasteiger partial charge in [-0.15, -0.1) is 0 Å². The first-order chi connectivity index (χ1) is 13.9. The van der Waals surface area contributed by atoms with Crippen molar-refractivity contribution in [3.63, 3.8) is 0 Å². The summed E-state index contributed by atoms with van der Waals surface area (Å²) in [5.74, 6) is -0.564. The van der Waals surface area contributed by atoms with Gasteiger partial charge in [0.2, 0.25) is 5.78 Å². The van der Waals surface area contributed by atoms with Crippen LogP contribution in [-0.2, 0) is 6.61 Å². The highest BCUT2D eigenvalue weighted by Crippen LogP contribution is 2.38. The van der Waals surface area contributed by atoms with Crippen LogP contribution >= 0.6 is 0 Å². The molecule has 4 rings (SSSR count). The van der Waals surface area contributed by atoms with Crippen LogP contribution in [0.5, 0.6) is 11.5 Å². The molecule has 29 heavy (non-hydrogen) atoms. The van der Waals surface area contributed by atoms with Crippen molar-refractivity contribution in [1.82, 2.24) is 0 Å². The van der Waals surface area contributed by atoms with Gasteiger partial charge >= 0.3 is 0 Å². The summed E-state index contributed by atoms with van der Waals surface area (Å²) < 4.78 is 39.0. The molecule has 146 valence electrons. The molecule has 0 radical (unpaired) electrons. The average molecular weight is 392 g/mol. The second-order valence-corrected chi connectivity index (χ2v) is 6.90. The van der Waals surface area contributed by atoms with Gasteiger partial charge in [-0.3, -0.25) is 4.79 Å². The Morgan fingerprint density at radius 2 is 1.69 bits per heavy atom. The highest BCUT2D eigenvalue weighted by Gasteiger charge is 2.30. The van der Waals surface area contributed by atoms with Crippen LogP contribution in [0, 0.1) is 25.5 Å². The average Bonchev–Trinajstić information content (AvgIpc) is 2.99. The minimum atomic E-state index is -0.669. The Morgan fingerprint density at radius 1 is 0.966 bits per heavy atom. The number of fused-ring (bicyclic) bond motifs is 1. The van der Waals surface area contributed by atoms with Gasteiger partial charge in [0.05, 0.1) is 11.1 Å². The summed E-state index contributed by atoms with van der Waals surface area (Å²) in [6, 6.07) is 14.6. The first kappa shape index (κ1) is 18.9. The van der Waals surface area contributed by atoms with Gasteiger partial charge in [-0.2, -0.15) is 0 Å². The molecule has 3 nitrogen and oxygen atoms in total. The van der Waals surface area contributed by atoms with Crippen LogP contribution in [-0.4, -0.2) is 5.78 Å². The minimum absolute atomic E-state index is 0.150. The molecule has 0 aromatic heterocycles. The maximum Gasteiger partial charge on any atom is 0.232 e. The predicted molar refractivity (Wildman–Crippen MR) is 106 cm³/mol. The Hall–Kier alpha value is -3.47. The molecular weight excluding hydrogens is 374 g/mol. The van der Waals surface area contributed by atoms with Crippen molar-refractivity contribution >= 4 is 11.9 Å². The van der Waals surface area contributed by atoms with E-state index in [1.54, 1.807) is 25.1 Å². The number of carbonyl (C=O) groups is 1. The SMILES string of the molecule is Cc1ccccc1/C=C1\Oc2cc(OCc3c(F)cccc3F)cc(C)c2C1=O. The van der Waals surface area contributed by atoms with Gasteiger partial charge in [0.1, 0.15) is 29.7 Å². The third-order valence-corrected chi connectivity index (χ3v) is 4.86. The highest BCUT2D eigenvalue weighted by atomic mass is 19.1. The number of aryl methyl sites for hydroxylation is 2. The van der Waals surface area contributed by atoms with E-state index in [1.807, 2.05) is 31.2 Å². The molecule has 0 saturated carbocycles. The quantitative estimate of drug-likeness (QED) is 0.528. The van der Waals surface area contributed by atoms with E-state index in [0.29, 0.717) is 22.6 Å². The highest BCUT2D eigenvalue weighted by molar-refractivity contribution is 6.15. The third kappa shape index (κ3) is 3.63. The summed E-state index contributed by atoms with van der Waals surface area (Å²) in [7, 11) is 0. The number of rotatable bonds is 4. The van der Waals surface area contributed by atoms with Crippen LogP contribution in [0.2, 0.25) is 0 Å².